The van der Waals surface area contributed by atoms with Gasteiger partial charge >= 0.3 is 0 Å². The van der Waals surface area contributed by atoms with Crippen LogP contribution in [0.15, 0.2) is 54.6 Å². The topological polar surface area (TPSA) is 106 Å². The first-order valence-electron chi connectivity index (χ1n) is 8.89. The predicted molar refractivity (Wildman–Crippen MR) is 108 cm³/mol. The molecular formula is C21H20N4O4. The Morgan fingerprint density at radius 2 is 1.59 bits per heavy atom. The lowest BCUT2D eigenvalue weighted by Crippen LogP contribution is -2.41. The van der Waals surface area contributed by atoms with Crippen LogP contribution in [0.4, 0.5) is 5.69 Å². The van der Waals surface area contributed by atoms with E-state index in [1.807, 2.05) is 48.7 Å². The number of hydrazine groups is 1. The van der Waals surface area contributed by atoms with Crippen LogP contribution >= 0.6 is 0 Å². The van der Waals surface area contributed by atoms with Gasteiger partial charge in [0.2, 0.25) is 0 Å². The summed E-state index contributed by atoms with van der Waals surface area (Å²) in [6.07, 6.45) is 0. The summed E-state index contributed by atoms with van der Waals surface area (Å²) in [5.74, 6) is -1.12. The van der Waals surface area contributed by atoms with Gasteiger partial charge < -0.3 is 4.57 Å². The van der Waals surface area contributed by atoms with E-state index in [0.29, 0.717) is 11.1 Å². The summed E-state index contributed by atoms with van der Waals surface area (Å²) in [6.45, 7) is 5.30. The van der Waals surface area contributed by atoms with Gasteiger partial charge in [0, 0.05) is 34.3 Å². The zero-order chi connectivity index (χ0) is 21.1. The zero-order valence-corrected chi connectivity index (χ0v) is 16.2. The van der Waals surface area contributed by atoms with Crippen LogP contribution in [-0.2, 0) is 0 Å². The summed E-state index contributed by atoms with van der Waals surface area (Å²) in [6, 6.07) is 15.5. The average Bonchev–Trinajstić information content (AvgIpc) is 3.00. The van der Waals surface area contributed by atoms with Gasteiger partial charge in [0.05, 0.1) is 10.5 Å². The van der Waals surface area contributed by atoms with Crippen molar-refractivity contribution in [1.29, 1.82) is 0 Å². The molecule has 0 saturated heterocycles. The van der Waals surface area contributed by atoms with Gasteiger partial charge in [-0.3, -0.25) is 30.6 Å². The molecule has 0 fully saturated rings. The number of aromatic nitrogens is 1. The molecule has 0 radical (unpaired) electrons. The quantitative estimate of drug-likeness (QED) is 0.524. The molecule has 0 bridgehead atoms. The molecular weight excluding hydrogens is 372 g/mol. The van der Waals surface area contributed by atoms with Gasteiger partial charge in [-0.25, -0.2) is 0 Å². The minimum absolute atomic E-state index is 0.0809. The smallest absolute Gasteiger partial charge is 0.273 e. The molecule has 0 atom stereocenters. The van der Waals surface area contributed by atoms with Crippen molar-refractivity contribution in [2.45, 2.75) is 20.8 Å². The van der Waals surface area contributed by atoms with Crippen LogP contribution in [0.3, 0.4) is 0 Å². The SMILES string of the molecule is Cc1ccc(C(=O)NNC(=O)c2cc(C)n(-c3ccccc3)c2C)cc1[N+](=O)[O-]. The molecule has 3 rings (SSSR count). The third-order valence-corrected chi connectivity index (χ3v) is 4.65. The number of nitrogens with one attached hydrogen (secondary N) is 2. The Balaban J connectivity index is 1.76. The number of nitro benzene ring substituents is 1. The van der Waals surface area contributed by atoms with Crippen molar-refractivity contribution in [3.05, 3.63) is 92.8 Å². The largest absolute Gasteiger partial charge is 0.318 e. The second kappa shape index (κ2) is 7.97. The Hall–Kier alpha value is -3.94. The molecule has 0 aliphatic heterocycles. The molecule has 2 aromatic carbocycles. The molecule has 148 valence electrons. The Bertz CT molecular complexity index is 1100. The Kier molecular flexibility index (Phi) is 5.45. The maximum atomic E-state index is 12.6. The van der Waals surface area contributed by atoms with E-state index < -0.39 is 16.7 Å². The standard InChI is InChI=1S/C21H20N4O4/c1-13-9-10-16(12-19(13)25(28)29)20(26)22-23-21(27)18-11-14(2)24(15(18)3)17-7-5-4-6-8-17/h4-12H,1-3H3,(H,22,26)(H,23,27). The molecule has 1 aromatic heterocycles. The Morgan fingerprint density at radius 1 is 0.931 bits per heavy atom. The van der Waals surface area contributed by atoms with Crippen LogP contribution < -0.4 is 10.9 Å². The number of hydrogen-bond acceptors (Lipinski definition) is 4. The van der Waals surface area contributed by atoms with E-state index >= 15 is 0 Å². The van der Waals surface area contributed by atoms with E-state index in [9.17, 15) is 19.7 Å². The van der Waals surface area contributed by atoms with Gasteiger partial charge in [-0.1, -0.05) is 24.3 Å². The maximum Gasteiger partial charge on any atom is 0.273 e. The fraction of sp³-hybridized carbons (Fsp3) is 0.143. The highest BCUT2D eigenvalue weighted by molar-refractivity contribution is 6.00. The number of carbonyl (C=O) groups is 2. The summed E-state index contributed by atoms with van der Waals surface area (Å²) in [5, 5.41) is 11.0. The predicted octanol–water partition coefficient (Wildman–Crippen LogP) is 3.39. The van der Waals surface area contributed by atoms with Crippen LogP contribution in [0.2, 0.25) is 0 Å². The Labute approximate surface area is 167 Å². The van der Waals surface area contributed by atoms with Gasteiger partial charge in [-0.05, 0) is 45.0 Å². The molecule has 2 N–H and O–H groups in total. The highest BCUT2D eigenvalue weighted by atomic mass is 16.6. The van der Waals surface area contributed by atoms with Gasteiger partial charge in [-0.15, -0.1) is 0 Å². The van der Waals surface area contributed by atoms with E-state index in [1.54, 1.807) is 13.0 Å². The summed E-state index contributed by atoms with van der Waals surface area (Å²) < 4.78 is 1.94. The monoisotopic (exact) mass is 392 g/mol. The van der Waals surface area contributed by atoms with Crippen molar-refractivity contribution in [1.82, 2.24) is 15.4 Å². The zero-order valence-electron chi connectivity index (χ0n) is 16.2. The van der Waals surface area contributed by atoms with Crippen molar-refractivity contribution in [2.75, 3.05) is 0 Å². The van der Waals surface area contributed by atoms with Crippen LogP contribution in [-0.4, -0.2) is 21.3 Å². The third-order valence-electron chi connectivity index (χ3n) is 4.65. The van der Waals surface area contributed by atoms with Crippen LogP contribution in [0, 0.1) is 30.9 Å². The van der Waals surface area contributed by atoms with Crippen molar-refractivity contribution in [2.24, 2.45) is 0 Å². The van der Waals surface area contributed by atoms with Crippen molar-refractivity contribution >= 4 is 17.5 Å². The number of benzene rings is 2. The van der Waals surface area contributed by atoms with Crippen LogP contribution in [0.1, 0.15) is 37.7 Å². The first-order chi connectivity index (χ1) is 13.8. The second-order valence-electron chi connectivity index (χ2n) is 6.62. The second-order valence-corrected chi connectivity index (χ2v) is 6.62. The molecule has 0 unspecified atom stereocenters. The summed E-state index contributed by atoms with van der Waals surface area (Å²) in [4.78, 5) is 35.4. The van der Waals surface area contributed by atoms with Gasteiger partial charge in [0.15, 0.2) is 0 Å². The molecule has 8 nitrogen and oxygen atoms in total. The van der Waals surface area contributed by atoms with E-state index in [1.165, 1.54) is 18.2 Å². The first kappa shape index (κ1) is 19.8. The van der Waals surface area contributed by atoms with E-state index in [2.05, 4.69) is 10.9 Å². The van der Waals surface area contributed by atoms with Crippen LogP contribution in [0.25, 0.3) is 5.69 Å². The highest BCUT2D eigenvalue weighted by Crippen LogP contribution is 2.21. The molecule has 3 aromatic rings. The van der Waals surface area contributed by atoms with Crippen molar-refractivity contribution in [3.8, 4) is 5.69 Å². The molecule has 8 heteroatoms. The van der Waals surface area contributed by atoms with Crippen molar-refractivity contribution < 1.29 is 14.5 Å². The molecule has 2 amide bonds. The number of nitrogens with zero attached hydrogens (tertiary/aromatic N) is 2. The lowest BCUT2D eigenvalue weighted by molar-refractivity contribution is -0.385. The molecule has 1 heterocycles. The summed E-state index contributed by atoms with van der Waals surface area (Å²) >= 11 is 0. The minimum atomic E-state index is -0.640. The fourth-order valence-corrected chi connectivity index (χ4v) is 3.17. The number of para-hydroxylation sites is 1. The van der Waals surface area contributed by atoms with Gasteiger partial charge in [0.1, 0.15) is 0 Å². The number of amides is 2. The number of aryl methyl sites for hydroxylation is 2. The highest BCUT2D eigenvalue weighted by Gasteiger charge is 2.19. The van der Waals surface area contributed by atoms with E-state index in [-0.39, 0.29) is 11.3 Å². The van der Waals surface area contributed by atoms with Gasteiger partial charge in [-0.2, -0.15) is 0 Å². The molecule has 0 spiro atoms. The lowest BCUT2D eigenvalue weighted by atomic mass is 10.1. The number of hydrogen-bond donors (Lipinski definition) is 2. The first-order valence-corrected chi connectivity index (χ1v) is 8.89. The van der Waals surface area contributed by atoms with E-state index in [4.69, 9.17) is 0 Å². The fourth-order valence-electron chi connectivity index (χ4n) is 3.17. The molecule has 0 aliphatic rings. The van der Waals surface area contributed by atoms with E-state index in [0.717, 1.165) is 17.1 Å². The molecule has 0 aliphatic carbocycles. The summed E-state index contributed by atoms with van der Waals surface area (Å²) in [7, 11) is 0. The maximum absolute atomic E-state index is 12.6. The van der Waals surface area contributed by atoms with Crippen molar-refractivity contribution in [3.63, 3.8) is 0 Å². The van der Waals surface area contributed by atoms with Gasteiger partial charge in [0.25, 0.3) is 17.5 Å². The minimum Gasteiger partial charge on any atom is -0.318 e. The lowest BCUT2D eigenvalue weighted by Gasteiger charge is -2.10. The molecule has 29 heavy (non-hydrogen) atoms. The Morgan fingerprint density at radius 3 is 2.24 bits per heavy atom. The third kappa shape index (κ3) is 4.01. The average molecular weight is 392 g/mol. The number of nitro groups is 1. The normalized spacial score (nSPS) is 10.4. The molecule has 0 saturated carbocycles. The number of rotatable bonds is 4. The van der Waals surface area contributed by atoms with Crippen LogP contribution in [0.5, 0.6) is 0 Å². The number of carbonyl (C=O) groups excluding carboxylic acids is 2. The summed E-state index contributed by atoms with van der Waals surface area (Å²) in [5.41, 5.74) is 8.00.